The molecule has 1 fully saturated rings. The van der Waals surface area contributed by atoms with Crippen LogP contribution in [-0.4, -0.2) is 64.5 Å². The number of aromatic amines is 1. The molecule has 2 aromatic rings. The fourth-order valence-corrected chi connectivity index (χ4v) is 4.47. The smallest absolute Gasteiger partial charge is 0.227 e. The van der Waals surface area contributed by atoms with E-state index in [-0.39, 0.29) is 17.9 Å². The highest BCUT2D eigenvalue weighted by atomic mass is 16.2. The van der Waals surface area contributed by atoms with Gasteiger partial charge in [0.25, 0.3) is 0 Å². The molecule has 28 heavy (non-hydrogen) atoms. The van der Waals surface area contributed by atoms with E-state index < -0.39 is 0 Å². The van der Waals surface area contributed by atoms with Gasteiger partial charge in [-0.25, -0.2) is 0 Å². The number of piperazine rings is 1. The average molecular weight is 381 g/mol. The van der Waals surface area contributed by atoms with Gasteiger partial charge in [0, 0.05) is 69.9 Å². The first kappa shape index (κ1) is 18.7. The van der Waals surface area contributed by atoms with Crippen LogP contribution in [0.4, 0.5) is 5.69 Å². The molecule has 1 saturated heterocycles. The Kier molecular flexibility index (Phi) is 4.93. The predicted molar refractivity (Wildman–Crippen MR) is 108 cm³/mol. The Morgan fingerprint density at radius 1 is 1.29 bits per heavy atom. The summed E-state index contributed by atoms with van der Waals surface area (Å²) in [6.45, 7) is 6.94. The third kappa shape index (κ3) is 3.30. The number of carbonyl (C=O) groups is 2. The second-order valence-corrected chi connectivity index (χ2v) is 7.82. The fourth-order valence-electron chi connectivity index (χ4n) is 4.47. The van der Waals surface area contributed by atoms with E-state index in [1.54, 1.807) is 11.8 Å². The third-order valence-electron chi connectivity index (χ3n) is 5.92. The van der Waals surface area contributed by atoms with Crippen molar-refractivity contribution in [3.05, 3.63) is 35.5 Å². The molecular weight excluding hydrogens is 354 g/mol. The maximum absolute atomic E-state index is 12.3. The Morgan fingerprint density at radius 3 is 2.86 bits per heavy atom. The average Bonchev–Trinajstić information content (AvgIpc) is 3.12. The molecule has 3 heterocycles. The van der Waals surface area contributed by atoms with Gasteiger partial charge in [-0.3, -0.25) is 19.6 Å². The van der Waals surface area contributed by atoms with Crippen molar-refractivity contribution >= 4 is 17.5 Å². The van der Waals surface area contributed by atoms with Gasteiger partial charge in [-0.05, 0) is 18.9 Å². The van der Waals surface area contributed by atoms with Crippen LogP contribution in [0.5, 0.6) is 0 Å². The van der Waals surface area contributed by atoms with E-state index in [9.17, 15) is 9.59 Å². The number of para-hydroxylation sites is 1. The Hall–Kier alpha value is -2.67. The second kappa shape index (κ2) is 7.39. The van der Waals surface area contributed by atoms with Crippen LogP contribution >= 0.6 is 0 Å². The second-order valence-electron chi connectivity index (χ2n) is 7.82. The van der Waals surface area contributed by atoms with E-state index in [1.165, 1.54) is 5.56 Å². The molecule has 1 aromatic heterocycles. The highest BCUT2D eigenvalue weighted by Gasteiger charge is 2.28. The van der Waals surface area contributed by atoms with Crippen LogP contribution in [0.3, 0.4) is 0 Å². The lowest BCUT2D eigenvalue weighted by Crippen LogP contribution is -2.53. The molecule has 2 aliphatic rings. The minimum Gasteiger partial charge on any atom is -0.338 e. The standard InChI is InChI=1S/C21H27N5O2/c1-14-12-25(9-10-26(14)15(2)27)13-17-11-22-23-20(17)18-6-4-5-16-7-8-19(28)24(3)21(16)18/h4-6,11,14H,7-10,12-13H2,1-3H3,(H,22,23)/t14-/m1/s1. The van der Waals surface area contributed by atoms with Crippen molar-refractivity contribution in [2.24, 2.45) is 0 Å². The Labute approximate surface area is 165 Å². The van der Waals surface area contributed by atoms with Crippen LogP contribution in [0.15, 0.2) is 24.4 Å². The predicted octanol–water partition coefficient (Wildman–Crippen LogP) is 2.04. The summed E-state index contributed by atoms with van der Waals surface area (Å²) < 4.78 is 0. The quantitative estimate of drug-likeness (QED) is 0.883. The molecule has 0 bridgehead atoms. The van der Waals surface area contributed by atoms with Gasteiger partial charge in [-0.15, -0.1) is 0 Å². The topological polar surface area (TPSA) is 72.5 Å². The number of aryl methyl sites for hydroxylation is 1. The molecule has 1 atom stereocenters. The Bertz CT molecular complexity index is 906. The molecule has 4 rings (SSSR count). The molecule has 0 radical (unpaired) electrons. The van der Waals surface area contributed by atoms with Crippen LogP contribution in [0, 0.1) is 0 Å². The lowest BCUT2D eigenvalue weighted by atomic mass is 9.95. The molecule has 0 spiro atoms. The molecule has 1 aromatic carbocycles. The van der Waals surface area contributed by atoms with Crippen LogP contribution in [0.25, 0.3) is 11.3 Å². The van der Waals surface area contributed by atoms with E-state index in [0.717, 1.165) is 55.1 Å². The zero-order valence-electron chi connectivity index (χ0n) is 16.7. The number of hydrogen-bond acceptors (Lipinski definition) is 4. The van der Waals surface area contributed by atoms with Crippen molar-refractivity contribution in [3.63, 3.8) is 0 Å². The van der Waals surface area contributed by atoms with Crippen molar-refractivity contribution in [1.29, 1.82) is 0 Å². The zero-order valence-corrected chi connectivity index (χ0v) is 16.7. The van der Waals surface area contributed by atoms with Crippen LogP contribution in [0.1, 0.15) is 31.4 Å². The molecule has 0 unspecified atom stereocenters. The first-order valence-electron chi connectivity index (χ1n) is 9.86. The molecule has 2 aliphatic heterocycles. The van der Waals surface area contributed by atoms with Gasteiger partial charge in [0.1, 0.15) is 0 Å². The first-order valence-corrected chi connectivity index (χ1v) is 9.86. The lowest BCUT2D eigenvalue weighted by Gasteiger charge is -2.39. The number of nitrogens with one attached hydrogen (secondary N) is 1. The molecule has 7 heteroatoms. The van der Waals surface area contributed by atoms with E-state index in [0.29, 0.717) is 6.42 Å². The first-order chi connectivity index (χ1) is 13.5. The number of hydrogen-bond donors (Lipinski definition) is 1. The summed E-state index contributed by atoms with van der Waals surface area (Å²) in [4.78, 5) is 30.0. The van der Waals surface area contributed by atoms with Crippen molar-refractivity contribution < 1.29 is 9.59 Å². The summed E-state index contributed by atoms with van der Waals surface area (Å²) in [7, 11) is 1.85. The minimum absolute atomic E-state index is 0.139. The van der Waals surface area contributed by atoms with Gasteiger partial charge in [0.15, 0.2) is 0 Å². The zero-order chi connectivity index (χ0) is 19.8. The Balaban J connectivity index is 1.60. The molecule has 0 saturated carbocycles. The maximum atomic E-state index is 12.3. The summed E-state index contributed by atoms with van der Waals surface area (Å²) in [5, 5.41) is 7.54. The summed E-state index contributed by atoms with van der Waals surface area (Å²) in [5.41, 5.74) is 5.18. The molecular formula is C21H27N5O2. The molecule has 7 nitrogen and oxygen atoms in total. The van der Waals surface area contributed by atoms with Gasteiger partial charge in [0.05, 0.1) is 11.4 Å². The number of fused-ring (bicyclic) bond motifs is 1. The fraction of sp³-hybridized carbons (Fsp3) is 0.476. The van der Waals surface area contributed by atoms with Crippen molar-refractivity contribution in [3.8, 4) is 11.3 Å². The normalized spacial score (nSPS) is 20.4. The number of rotatable bonds is 3. The van der Waals surface area contributed by atoms with E-state index in [1.807, 2.05) is 30.3 Å². The third-order valence-corrected chi connectivity index (χ3v) is 5.92. The molecule has 2 amide bonds. The number of aromatic nitrogens is 2. The Morgan fingerprint density at radius 2 is 2.11 bits per heavy atom. The maximum Gasteiger partial charge on any atom is 0.227 e. The minimum atomic E-state index is 0.139. The largest absolute Gasteiger partial charge is 0.338 e. The van der Waals surface area contributed by atoms with E-state index >= 15 is 0 Å². The number of anilines is 1. The van der Waals surface area contributed by atoms with Gasteiger partial charge in [0.2, 0.25) is 11.8 Å². The van der Waals surface area contributed by atoms with E-state index in [4.69, 9.17) is 0 Å². The molecule has 1 N–H and O–H groups in total. The van der Waals surface area contributed by atoms with Gasteiger partial charge < -0.3 is 9.80 Å². The van der Waals surface area contributed by atoms with Crippen LogP contribution < -0.4 is 4.90 Å². The number of nitrogens with zero attached hydrogens (tertiary/aromatic N) is 4. The molecule has 0 aliphatic carbocycles. The van der Waals surface area contributed by atoms with Crippen LogP contribution in [-0.2, 0) is 22.6 Å². The van der Waals surface area contributed by atoms with Crippen molar-refractivity contribution in [2.75, 3.05) is 31.6 Å². The number of carbonyl (C=O) groups excluding carboxylic acids is 2. The van der Waals surface area contributed by atoms with Crippen LogP contribution in [0.2, 0.25) is 0 Å². The number of benzene rings is 1. The van der Waals surface area contributed by atoms with Crippen molar-refractivity contribution in [1.82, 2.24) is 20.0 Å². The number of H-pyrrole nitrogens is 1. The SMILES string of the molecule is CC(=O)N1CCN(Cc2c[nH]nc2-c2cccc3c2N(C)C(=O)CC3)C[C@H]1C. The summed E-state index contributed by atoms with van der Waals surface area (Å²) in [5.74, 6) is 0.283. The summed E-state index contributed by atoms with van der Waals surface area (Å²) in [6, 6.07) is 6.39. The monoisotopic (exact) mass is 381 g/mol. The lowest BCUT2D eigenvalue weighted by molar-refractivity contribution is -0.133. The highest BCUT2D eigenvalue weighted by molar-refractivity contribution is 6.00. The van der Waals surface area contributed by atoms with Gasteiger partial charge in [-0.1, -0.05) is 18.2 Å². The van der Waals surface area contributed by atoms with Gasteiger partial charge in [-0.2, -0.15) is 5.10 Å². The van der Waals surface area contributed by atoms with Gasteiger partial charge >= 0.3 is 0 Å². The summed E-state index contributed by atoms with van der Waals surface area (Å²) >= 11 is 0. The number of amides is 2. The summed E-state index contributed by atoms with van der Waals surface area (Å²) in [6.07, 6.45) is 3.27. The van der Waals surface area contributed by atoms with E-state index in [2.05, 4.69) is 28.1 Å². The van der Waals surface area contributed by atoms with Crippen molar-refractivity contribution in [2.45, 2.75) is 39.3 Å². The highest BCUT2D eigenvalue weighted by Crippen LogP contribution is 2.37. The molecule has 148 valence electrons.